The number of nitro benzene ring substituents is 1. The molecule has 1 saturated heterocycles. The highest BCUT2D eigenvalue weighted by atomic mass is 16.6. The molecule has 2 fully saturated rings. The van der Waals surface area contributed by atoms with Gasteiger partial charge >= 0.3 is 0 Å². The molecule has 0 radical (unpaired) electrons. The molecule has 3 rings (SSSR count). The number of carbonyl (C=O) groups excluding carboxylic acids is 1. The van der Waals surface area contributed by atoms with E-state index in [0.29, 0.717) is 12.0 Å². The first-order valence-corrected chi connectivity index (χ1v) is 7.63. The Labute approximate surface area is 128 Å². The molecule has 1 heterocycles. The fourth-order valence-corrected chi connectivity index (χ4v) is 3.33. The minimum absolute atomic E-state index is 0.0174. The number of fused-ring (bicyclic) bond motifs is 1. The quantitative estimate of drug-likeness (QED) is 0.567. The van der Waals surface area contributed by atoms with Gasteiger partial charge in [0.15, 0.2) is 0 Å². The average molecular weight is 304 g/mol. The molecule has 1 aromatic rings. The zero-order chi connectivity index (χ0) is 15.5. The average Bonchev–Trinajstić information content (AvgIpc) is 2.95. The van der Waals surface area contributed by atoms with Crippen LogP contribution in [0.4, 0.5) is 5.69 Å². The van der Waals surface area contributed by atoms with Crippen molar-refractivity contribution >= 4 is 11.6 Å². The number of hydrogen-bond donors (Lipinski definition) is 3. The molecule has 3 unspecified atom stereocenters. The van der Waals surface area contributed by atoms with E-state index in [1.807, 2.05) is 0 Å². The highest BCUT2D eigenvalue weighted by molar-refractivity contribution is 5.78. The Balaban J connectivity index is 1.50. The first-order chi connectivity index (χ1) is 10.6. The van der Waals surface area contributed by atoms with Gasteiger partial charge in [0.1, 0.15) is 0 Å². The van der Waals surface area contributed by atoms with Gasteiger partial charge in [-0.1, -0.05) is 12.1 Å². The fraction of sp³-hybridized carbons (Fsp3) is 0.533. The number of nitro groups is 1. The molecule has 1 aliphatic carbocycles. The Hall–Kier alpha value is -1.99. The number of nitrogens with one attached hydrogen (secondary N) is 3. The maximum atomic E-state index is 12.1. The Bertz CT molecular complexity index is 560. The topological polar surface area (TPSA) is 96.3 Å². The Morgan fingerprint density at radius 1 is 1.32 bits per heavy atom. The zero-order valence-electron chi connectivity index (χ0n) is 12.2. The van der Waals surface area contributed by atoms with Gasteiger partial charge < -0.3 is 5.32 Å². The van der Waals surface area contributed by atoms with Crippen LogP contribution < -0.4 is 16.2 Å². The molecule has 0 spiro atoms. The van der Waals surface area contributed by atoms with Crippen LogP contribution in [-0.2, 0) is 11.2 Å². The molecule has 3 N–H and O–H groups in total. The van der Waals surface area contributed by atoms with Crippen molar-refractivity contribution < 1.29 is 9.72 Å². The second-order valence-corrected chi connectivity index (χ2v) is 6.07. The molecule has 0 aromatic heterocycles. The summed E-state index contributed by atoms with van der Waals surface area (Å²) in [5.41, 5.74) is 7.28. The third-order valence-electron chi connectivity index (χ3n) is 4.51. The molecule has 7 heteroatoms. The second-order valence-electron chi connectivity index (χ2n) is 6.07. The lowest BCUT2D eigenvalue weighted by Gasteiger charge is -2.31. The lowest BCUT2D eigenvalue weighted by atomic mass is 9.83. The Morgan fingerprint density at radius 3 is 2.82 bits per heavy atom. The molecule has 2 aliphatic rings. The number of nitrogens with zero attached hydrogens (tertiary/aromatic N) is 1. The first-order valence-electron chi connectivity index (χ1n) is 7.63. The number of hydrogen-bond acceptors (Lipinski definition) is 5. The predicted molar refractivity (Wildman–Crippen MR) is 81.0 cm³/mol. The standard InChI is InChI=1S/C15H20N4O3/c20-15(7-10-1-4-13(5-2-10)19(21)22)17-12-3-6-14-11(8-12)9-16-18-14/h1-2,4-5,11-12,14,16,18H,3,6-9H2,(H,17,20). The van der Waals surface area contributed by atoms with E-state index < -0.39 is 4.92 Å². The summed E-state index contributed by atoms with van der Waals surface area (Å²) in [6.45, 7) is 0.958. The van der Waals surface area contributed by atoms with Crippen LogP contribution in [0, 0.1) is 16.0 Å². The third-order valence-corrected chi connectivity index (χ3v) is 4.51. The van der Waals surface area contributed by atoms with Gasteiger partial charge in [-0.05, 0) is 30.7 Å². The van der Waals surface area contributed by atoms with Gasteiger partial charge in [0.2, 0.25) is 5.91 Å². The summed E-state index contributed by atoms with van der Waals surface area (Å²) in [7, 11) is 0. The summed E-state index contributed by atoms with van der Waals surface area (Å²) in [6.07, 6.45) is 3.32. The van der Waals surface area contributed by atoms with E-state index in [9.17, 15) is 14.9 Å². The maximum absolute atomic E-state index is 12.1. The SMILES string of the molecule is O=C(Cc1ccc([N+](=O)[O-])cc1)NC1CCC2NNCC2C1. The molecule has 1 aromatic carbocycles. The van der Waals surface area contributed by atoms with Crippen molar-refractivity contribution in [3.63, 3.8) is 0 Å². The van der Waals surface area contributed by atoms with E-state index in [-0.39, 0.29) is 24.1 Å². The van der Waals surface area contributed by atoms with Crippen LogP contribution in [-0.4, -0.2) is 29.5 Å². The van der Waals surface area contributed by atoms with Gasteiger partial charge in [0, 0.05) is 30.8 Å². The lowest BCUT2D eigenvalue weighted by Crippen LogP contribution is -2.44. The minimum Gasteiger partial charge on any atom is -0.353 e. The van der Waals surface area contributed by atoms with Gasteiger partial charge in [-0.15, -0.1) is 0 Å². The maximum Gasteiger partial charge on any atom is 0.269 e. The molecule has 0 bridgehead atoms. The monoisotopic (exact) mass is 304 g/mol. The minimum atomic E-state index is -0.439. The van der Waals surface area contributed by atoms with Gasteiger partial charge in [0.05, 0.1) is 11.3 Å². The van der Waals surface area contributed by atoms with E-state index in [0.717, 1.165) is 31.4 Å². The van der Waals surface area contributed by atoms with Crippen LogP contribution in [0.15, 0.2) is 24.3 Å². The van der Waals surface area contributed by atoms with E-state index in [1.54, 1.807) is 12.1 Å². The van der Waals surface area contributed by atoms with Gasteiger partial charge in [-0.3, -0.25) is 25.8 Å². The van der Waals surface area contributed by atoms with Crippen molar-refractivity contribution in [2.24, 2.45) is 5.92 Å². The van der Waals surface area contributed by atoms with Crippen molar-refractivity contribution in [2.45, 2.75) is 37.8 Å². The van der Waals surface area contributed by atoms with E-state index in [2.05, 4.69) is 16.2 Å². The summed E-state index contributed by atoms with van der Waals surface area (Å²) in [4.78, 5) is 22.3. The van der Waals surface area contributed by atoms with Crippen molar-refractivity contribution in [3.05, 3.63) is 39.9 Å². The number of amides is 1. The predicted octanol–water partition coefficient (Wildman–Crippen LogP) is 0.899. The Kier molecular flexibility index (Phi) is 4.35. The van der Waals surface area contributed by atoms with Crippen LogP contribution in [0.25, 0.3) is 0 Å². The van der Waals surface area contributed by atoms with Crippen molar-refractivity contribution in [1.29, 1.82) is 0 Å². The molecule has 118 valence electrons. The summed E-state index contributed by atoms with van der Waals surface area (Å²) >= 11 is 0. The zero-order valence-corrected chi connectivity index (χ0v) is 12.2. The fourth-order valence-electron chi connectivity index (χ4n) is 3.33. The van der Waals surface area contributed by atoms with E-state index in [1.165, 1.54) is 12.1 Å². The smallest absolute Gasteiger partial charge is 0.269 e. The number of carbonyl (C=O) groups is 1. The van der Waals surface area contributed by atoms with Crippen LogP contribution in [0.3, 0.4) is 0 Å². The van der Waals surface area contributed by atoms with Gasteiger partial charge in [-0.2, -0.15) is 0 Å². The highest BCUT2D eigenvalue weighted by Crippen LogP contribution is 2.26. The number of hydrazine groups is 1. The Morgan fingerprint density at radius 2 is 2.09 bits per heavy atom. The molecule has 1 aliphatic heterocycles. The number of benzene rings is 1. The summed E-state index contributed by atoms with van der Waals surface area (Å²) in [6, 6.07) is 6.91. The summed E-state index contributed by atoms with van der Waals surface area (Å²) in [5.74, 6) is 0.564. The van der Waals surface area contributed by atoms with E-state index >= 15 is 0 Å². The number of rotatable bonds is 4. The van der Waals surface area contributed by atoms with Crippen molar-refractivity contribution in [1.82, 2.24) is 16.2 Å². The van der Waals surface area contributed by atoms with E-state index in [4.69, 9.17) is 0 Å². The second kappa shape index (κ2) is 6.41. The molecule has 1 saturated carbocycles. The highest BCUT2D eigenvalue weighted by Gasteiger charge is 2.34. The largest absolute Gasteiger partial charge is 0.353 e. The normalized spacial score (nSPS) is 27.2. The van der Waals surface area contributed by atoms with Gasteiger partial charge in [-0.25, -0.2) is 0 Å². The van der Waals surface area contributed by atoms with Crippen LogP contribution in [0.1, 0.15) is 24.8 Å². The van der Waals surface area contributed by atoms with Gasteiger partial charge in [0.25, 0.3) is 5.69 Å². The molecule has 22 heavy (non-hydrogen) atoms. The van der Waals surface area contributed by atoms with Crippen LogP contribution in [0.2, 0.25) is 0 Å². The first kappa shape index (κ1) is 14.9. The van der Waals surface area contributed by atoms with Crippen molar-refractivity contribution in [2.75, 3.05) is 6.54 Å². The molecular formula is C15H20N4O3. The summed E-state index contributed by atoms with van der Waals surface area (Å²) in [5, 5.41) is 13.7. The third kappa shape index (κ3) is 3.42. The molecular weight excluding hydrogens is 284 g/mol. The van der Waals surface area contributed by atoms with Crippen molar-refractivity contribution in [3.8, 4) is 0 Å². The molecule has 7 nitrogen and oxygen atoms in total. The number of non-ortho nitro benzene ring substituents is 1. The lowest BCUT2D eigenvalue weighted by molar-refractivity contribution is -0.384. The molecule has 1 amide bonds. The van der Waals surface area contributed by atoms with Crippen LogP contribution in [0.5, 0.6) is 0 Å². The summed E-state index contributed by atoms with van der Waals surface area (Å²) < 4.78 is 0. The van der Waals surface area contributed by atoms with Crippen LogP contribution >= 0.6 is 0 Å². The molecule has 3 atom stereocenters.